The highest BCUT2D eigenvalue weighted by atomic mass is 16.2. The van der Waals surface area contributed by atoms with Gasteiger partial charge in [0.05, 0.1) is 0 Å². The van der Waals surface area contributed by atoms with Gasteiger partial charge in [-0.15, -0.1) is 0 Å². The number of piperidine rings is 1. The Morgan fingerprint density at radius 1 is 1.29 bits per heavy atom. The Hall–Kier alpha value is -2.59. The van der Waals surface area contributed by atoms with Gasteiger partial charge in [-0.2, -0.15) is 0 Å². The van der Waals surface area contributed by atoms with Crippen molar-refractivity contribution in [1.82, 2.24) is 9.88 Å². The third kappa shape index (κ3) is 2.66. The lowest BCUT2D eigenvalue weighted by atomic mass is 10.0. The minimum atomic E-state index is -0.0498. The van der Waals surface area contributed by atoms with E-state index in [1.165, 1.54) is 0 Å². The zero-order chi connectivity index (χ0) is 14.7. The molecule has 0 aliphatic carbocycles. The van der Waals surface area contributed by atoms with Crippen LogP contribution >= 0.6 is 0 Å². The number of carbonyl (C=O) groups is 1. The van der Waals surface area contributed by atoms with Gasteiger partial charge in [0, 0.05) is 35.6 Å². The standard InChI is InChI=1S/C15H15N5O/c16-19-18-12-6-9-20(10-7-12)15(21)14-13-4-2-1-3-11(13)5-8-17-14/h1-5,8,12H,6-7,9-10H2. The van der Waals surface area contributed by atoms with Gasteiger partial charge in [-0.25, -0.2) is 0 Å². The average molecular weight is 281 g/mol. The fourth-order valence-corrected chi connectivity index (χ4v) is 2.70. The van der Waals surface area contributed by atoms with E-state index in [1.807, 2.05) is 30.3 Å². The molecule has 1 aromatic carbocycles. The maximum Gasteiger partial charge on any atom is 0.273 e. The molecule has 1 aliphatic rings. The number of amides is 1. The number of rotatable bonds is 2. The topological polar surface area (TPSA) is 82.0 Å². The Balaban J connectivity index is 1.83. The predicted octanol–water partition coefficient (Wildman–Crippen LogP) is 3.15. The van der Waals surface area contributed by atoms with Crippen molar-refractivity contribution < 1.29 is 4.79 Å². The average Bonchev–Trinajstić information content (AvgIpc) is 2.55. The van der Waals surface area contributed by atoms with Gasteiger partial charge in [-0.3, -0.25) is 9.78 Å². The number of likely N-dealkylation sites (tertiary alicyclic amines) is 1. The molecular formula is C15H15N5O. The van der Waals surface area contributed by atoms with Crippen LogP contribution in [-0.2, 0) is 0 Å². The minimum Gasteiger partial charge on any atom is -0.337 e. The monoisotopic (exact) mass is 281 g/mol. The Morgan fingerprint density at radius 3 is 2.81 bits per heavy atom. The van der Waals surface area contributed by atoms with Crippen molar-refractivity contribution in [2.24, 2.45) is 5.11 Å². The summed E-state index contributed by atoms with van der Waals surface area (Å²) < 4.78 is 0. The third-order valence-electron chi connectivity index (χ3n) is 3.84. The van der Waals surface area contributed by atoms with Crippen LogP contribution in [0, 0.1) is 0 Å². The second kappa shape index (κ2) is 5.81. The van der Waals surface area contributed by atoms with Crippen LogP contribution in [0.3, 0.4) is 0 Å². The molecular weight excluding hydrogens is 266 g/mol. The Kier molecular flexibility index (Phi) is 3.71. The molecule has 0 saturated carbocycles. The molecule has 6 nitrogen and oxygen atoms in total. The van der Waals surface area contributed by atoms with E-state index in [4.69, 9.17) is 5.53 Å². The van der Waals surface area contributed by atoms with Crippen LogP contribution in [0.1, 0.15) is 23.3 Å². The maximum atomic E-state index is 12.6. The highest BCUT2D eigenvalue weighted by Crippen LogP contribution is 2.20. The number of nitrogens with zero attached hydrogens (tertiary/aromatic N) is 5. The lowest BCUT2D eigenvalue weighted by Gasteiger charge is -2.29. The molecule has 106 valence electrons. The summed E-state index contributed by atoms with van der Waals surface area (Å²) >= 11 is 0. The smallest absolute Gasteiger partial charge is 0.273 e. The summed E-state index contributed by atoms with van der Waals surface area (Å²) in [7, 11) is 0. The van der Waals surface area contributed by atoms with Crippen molar-refractivity contribution in [2.45, 2.75) is 18.9 Å². The molecule has 0 unspecified atom stereocenters. The number of aromatic nitrogens is 1. The van der Waals surface area contributed by atoms with Gasteiger partial charge >= 0.3 is 0 Å². The Bertz CT molecular complexity index is 710. The Labute approximate surface area is 122 Å². The summed E-state index contributed by atoms with van der Waals surface area (Å²) in [5, 5.41) is 5.62. The fourth-order valence-electron chi connectivity index (χ4n) is 2.70. The summed E-state index contributed by atoms with van der Waals surface area (Å²) in [5.74, 6) is -0.0498. The molecule has 0 atom stereocenters. The first-order chi connectivity index (χ1) is 10.3. The Morgan fingerprint density at radius 2 is 2.05 bits per heavy atom. The molecule has 2 heterocycles. The van der Waals surface area contributed by atoms with E-state index in [1.54, 1.807) is 11.1 Å². The van der Waals surface area contributed by atoms with E-state index in [2.05, 4.69) is 15.0 Å². The highest BCUT2D eigenvalue weighted by Gasteiger charge is 2.24. The molecule has 1 amide bonds. The zero-order valence-corrected chi connectivity index (χ0v) is 11.5. The number of benzene rings is 1. The second-order valence-electron chi connectivity index (χ2n) is 5.11. The molecule has 0 spiro atoms. The number of pyridine rings is 1. The lowest BCUT2D eigenvalue weighted by Crippen LogP contribution is -2.40. The largest absolute Gasteiger partial charge is 0.337 e. The number of carbonyl (C=O) groups excluding carboxylic acids is 1. The molecule has 1 fully saturated rings. The lowest BCUT2D eigenvalue weighted by molar-refractivity contribution is 0.0711. The summed E-state index contributed by atoms with van der Waals surface area (Å²) in [6.45, 7) is 1.21. The van der Waals surface area contributed by atoms with E-state index in [9.17, 15) is 4.79 Å². The van der Waals surface area contributed by atoms with E-state index in [0.717, 1.165) is 10.8 Å². The SMILES string of the molecule is [N-]=[N+]=NC1CCN(C(=O)c2nccc3ccccc23)CC1. The molecule has 3 rings (SSSR count). The molecule has 1 saturated heterocycles. The second-order valence-corrected chi connectivity index (χ2v) is 5.11. The molecule has 2 aromatic rings. The summed E-state index contributed by atoms with van der Waals surface area (Å²) in [6.07, 6.45) is 3.09. The zero-order valence-electron chi connectivity index (χ0n) is 11.5. The van der Waals surface area contributed by atoms with Crippen molar-refractivity contribution in [3.05, 3.63) is 52.7 Å². The van der Waals surface area contributed by atoms with Crippen LogP contribution in [0.25, 0.3) is 21.2 Å². The molecule has 0 N–H and O–H groups in total. The first-order valence-corrected chi connectivity index (χ1v) is 6.97. The minimum absolute atomic E-state index is 0.000438. The quantitative estimate of drug-likeness (QED) is 0.481. The number of fused-ring (bicyclic) bond motifs is 1. The van der Waals surface area contributed by atoms with Gasteiger partial charge in [-0.1, -0.05) is 29.4 Å². The first kappa shape index (κ1) is 13.4. The van der Waals surface area contributed by atoms with Crippen LogP contribution in [0.15, 0.2) is 41.6 Å². The van der Waals surface area contributed by atoms with Crippen molar-refractivity contribution in [3.63, 3.8) is 0 Å². The van der Waals surface area contributed by atoms with E-state index >= 15 is 0 Å². The van der Waals surface area contributed by atoms with E-state index in [-0.39, 0.29) is 11.9 Å². The van der Waals surface area contributed by atoms with Gasteiger partial charge < -0.3 is 4.90 Å². The van der Waals surface area contributed by atoms with Crippen LogP contribution in [0.4, 0.5) is 0 Å². The molecule has 6 heteroatoms. The predicted molar refractivity (Wildman–Crippen MR) is 79.8 cm³/mol. The van der Waals surface area contributed by atoms with Crippen LogP contribution in [0.2, 0.25) is 0 Å². The molecule has 1 aromatic heterocycles. The molecule has 21 heavy (non-hydrogen) atoms. The summed E-state index contributed by atoms with van der Waals surface area (Å²) in [6, 6.07) is 9.65. The van der Waals surface area contributed by atoms with E-state index < -0.39 is 0 Å². The fraction of sp³-hybridized carbons (Fsp3) is 0.333. The van der Waals surface area contributed by atoms with Crippen molar-refractivity contribution >= 4 is 16.7 Å². The van der Waals surface area contributed by atoms with Gasteiger partial charge in [0.25, 0.3) is 5.91 Å². The number of hydrogen-bond acceptors (Lipinski definition) is 3. The highest BCUT2D eigenvalue weighted by molar-refractivity contribution is 6.05. The first-order valence-electron chi connectivity index (χ1n) is 6.97. The maximum absolute atomic E-state index is 12.6. The molecule has 1 aliphatic heterocycles. The van der Waals surface area contributed by atoms with Crippen LogP contribution < -0.4 is 0 Å². The van der Waals surface area contributed by atoms with Gasteiger partial charge in [0.2, 0.25) is 0 Å². The molecule has 0 bridgehead atoms. The van der Waals surface area contributed by atoms with Crippen molar-refractivity contribution in [1.29, 1.82) is 0 Å². The normalized spacial score (nSPS) is 15.7. The van der Waals surface area contributed by atoms with Crippen molar-refractivity contribution in [2.75, 3.05) is 13.1 Å². The van der Waals surface area contributed by atoms with Crippen LogP contribution in [0.5, 0.6) is 0 Å². The van der Waals surface area contributed by atoms with Gasteiger partial charge in [-0.05, 0) is 29.8 Å². The number of azide groups is 1. The van der Waals surface area contributed by atoms with Crippen molar-refractivity contribution in [3.8, 4) is 0 Å². The van der Waals surface area contributed by atoms with E-state index in [0.29, 0.717) is 31.6 Å². The van der Waals surface area contributed by atoms with Gasteiger partial charge in [0.1, 0.15) is 5.69 Å². The summed E-state index contributed by atoms with van der Waals surface area (Å²) in [5.41, 5.74) is 8.95. The number of hydrogen-bond donors (Lipinski definition) is 0. The van der Waals surface area contributed by atoms with Gasteiger partial charge in [0.15, 0.2) is 0 Å². The third-order valence-corrected chi connectivity index (χ3v) is 3.84. The summed E-state index contributed by atoms with van der Waals surface area (Å²) in [4.78, 5) is 21.5. The van der Waals surface area contributed by atoms with Crippen LogP contribution in [-0.4, -0.2) is 34.9 Å². The molecule has 0 radical (unpaired) electrons.